The molecule has 0 spiro atoms. The quantitative estimate of drug-likeness (QED) is 0.776. The van der Waals surface area contributed by atoms with Crippen molar-refractivity contribution >= 4 is 5.69 Å². The molecule has 0 atom stereocenters. The molecule has 1 saturated carbocycles. The summed E-state index contributed by atoms with van der Waals surface area (Å²) in [5.74, 6) is 0.619. The summed E-state index contributed by atoms with van der Waals surface area (Å²) in [7, 11) is 0. The van der Waals surface area contributed by atoms with E-state index in [0.29, 0.717) is 5.69 Å². The maximum atomic E-state index is 12.9. The second-order valence-corrected chi connectivity index (χ2v) is 4.61. The van der Waals surface area contributed by atoms with Crippen LogP contribution in [0.3, 0.4) is 0 Å². The third-order valence-corrected chi connectivity index (χ3v) is 3.16. The van der Waals surface area contributed by atoms with Crippen molar-refractivity contribution in [2.45, 2.75) is 26.3 Å². The minimum absolute atomic E-state index is 0.258. The van der Waals surface area contributed by atoms with Gasteiger partial charge in [-0.25, -0.2) is 4.39 Å². The van der Waals surface area contributed by atoms with Gasteiger partial charge in [0.1, 0.15) is 5.82 Å². The van der Waals surface area contributed by atoms with Crippen LogP contribution in [-0.2, 0) is 6.54 Å². The Morgan fingerprint density at radius 2 is 2.19 bits per heavy atom. The number of rotatable bonds is 5. The van der Waals surface area contributed by atoms with Crippen LogP contribution >= 0.6 is 0 Å². The van der Waals surface area contributed by atoms with Crippen LogP contribution in [0.1, 0.15) is 25.3 Å². The van der Waals surface area contributed by atoms with Gasteiger partial charge in [0, 0.05) is 18.8 Å². The molecule has 2 nitrogen and oxygen atoms in total. The SMILES string of the molecule is CCN(Cc1ccc(F)cc1N)CC1CC1. The molecule has 2 rings (SSSR count). The van der Waals surface area contributed by atoms with E-state index in [1.807, 2.05) is 0 Å². The van der Waals surface area contributed by atoms with Crippen LogP contribution in [0.5, 0.6) is 0 Å². The molecule has 1 aliphatic carbocycles. The molecule has 1 aromatic rings. The number of benzene rings is 1. The highest BCUT2D eigenvalue weighted by molar-refractivity contribution is 5.46. The average Bonchev–Trinajstić information content (AvgIpc) is 3.04. The van der Waals surface area contributed by atoms with Gasteiger partial charge in [-0.3, -0.25) is 4.90 Å². The van der Waals surface area contributed by atoms with E-state index >= 15 is 0 Å². The van der Waals surface area contributed by atoms with Gasteiger partial charge in [0.2, 0.25) is 0 Å². The van der Waals surface area contributed by atoms with Crippen LogP contribution in [-0.4, -0.2) is 18.0 Å². The van der Waals surface area contributed by atoms with E-state index < -0.39 is 0 Å². The van der Waals surface area contributed by atoms with E-state index in [1.165, 1.54) is 25.0 Å². The van der Waals surface area contributed by atoms with E-state index in [0.717, 1.165) is 31.1 Å². The number of nitrogens with zero attached hydrogens (tertiary/aromatic N) is 1. The first-order valence-corrected chi connectivity index (χ1v) is 5.95. The van der Waals surface area contributed by atoms with Crippen molar-refractivity contribution in [3.8, 4) is 0 Å². The molecule has 1 aliphatic rings. The monoisotopic (exact) mass is 222 g/mol. The van der Waals surface area contributed by atoms with Crippen LogP contribution in [0.4, 0.5) is 10.1 Å². The zero-order valence-electron chi connectivity index (χ0n) is 9.75. The summed E-state index contributed by atoms with van der Waals surface area (Å²) in [5, 5.41) is 0. The number of nitrogens with two attached hydrogens (primary N) is 1. The number of hydrogen-bond donors (Lipinski definition) is 1. The molecule has 0 amide bonds. The number of anilines is 1. The molecule has 1 fully saturated rings. The summed E-state index contributed by atoms with van der Waals surface area (Å²) in [4.78, 5) is 2.38. The average molecular weight is 222 g/mol. The highest BCUT2D eigenvalue weighted by Crippen LogP contribution is 2.30. The van der Waals surface area contributed by atoms with E-state index in [2.05, 4.69) is 11.8 Å². The van der Waals surface area contributed by atoms with Crippen molar-refractivity contribution in [1.82, 2.24) is 4.90 Å². The molecule has 1 aromatic carbocycles. The normalized spacial score (nSPS) is 15.7. The van der Waals surface area contributed by atoms with Crippen molar-refractivity contribution in [1.29, 1.82) is 0 Å². The fourth-order valence-corrected chi connectivity index (χ4v) is 1.92. The largest absolute Gasteiger partial charge is 0.398 e. The molecule has 0 heterocycles. The summed E-state index contributed by atoms with van der Waals surface area (Å²) in [6.07, 6.45) is 2.71. The van der Waals surface area contributed by atoms with Gasteiger partial charge < -0.3 is 5.73 Å². The summed E-state index contributed by atoms with van der Waals surface area (Å²) in [6, 6.07) is 4.68. The first kappa shape index (κ1) is 11.4. The highest BCUT2D eigenvalue weighted by atomic mass is 19.1. The first-order chi connectivity index (χ1) is 7.69. The molecule has 0 aromatic heterocycles. The second-order valence-electron chi connectivity index (χ2n) is 4.61. The van der Waals surface area contributed by atoms with Gasteiger partial charge in [0.05, 0.1) is 0 Å². The lowest BCUT2D eigenvalue weighted by molar-refractivity contribution is 0.269. The zero-order chi connectivity index (χ0) is 11.5. The molecule has 0 radical (unpaired) electrons. The summed E-state index contributed by atoms with van der Waals surface area (Å²) < 4.78 is 12.9. The number of halogens is 1. The van der Waals surface area contributed by atoms with Crippen LogP contribution < -0.4 is 5.73 Å². The molecular formula is C13H19FN2. The Labute approximate surface area is 96.2 Å². The van der Waals surface area contributed by atoms with Crippen molar-refractivity contribution in [3.63, 3.8) is 0 Å². The summed E-state index contributed by atoms with van der Waals surface area (Å²) in [5.41, 5.74) is 7.40. The molecule has 16 heavy (non-hydrogen) atoms. The van der Waals surface area contributed by atoms with Crippen molar-refractivity contribution in [3.05, 3.63) is 29.6 Å². The Morgan fingerprint density at radius 3 is 2.75 bits per heavy atom. The Balaban J connectivity index is 1.99. The minimum Gasteiger partial charge on any atom is -0.398 e. The Morgan fingerprint density at radius 1 is 1.44 bits per heavy atom. The lowest BCUT2D eigenvalue weighted by atomic mass is 10.1. The lowest BCUT2D eigenvalue weighted by Gasteiger charge is -2.21. The Bertz CT molecular complexity index is 361. The molecule has 3 heteroatoms. The number of nitrogen functional groups attached to an aromatic ring is 1. The van der Waals surface area contributed by atoms with E-state index in [4.69, 9.17) is 5.73 Å². The second kappa shape index (κ2) is 4.83. The Hall–Kier alpha value is -1.09. The van der Waals surface area contributed by atoms with Crippen molar-refractivity contribution < 1.29 is 4.39 Å². The van der Waals surface area contributed by atoms with Crippen molar-refractivity contribution in [2.75, 3.05) is 18.8 Å². The van der Waals surface area contributed by atoms with Gasteiger partial charge in [0.25, 0.3) is 0 Å². The minimum atomic E-state index is -0.258. The van der Waals surface area contributed by atoms with Gasteiger partial charge in [0.15, 0.2) is 0 Å². The summed E-state index contributed by atoms with van der Waals surface area (Å²) in [6.45, 7) is 5.15. The fourth-order valence-electron chi connectivity index (χ4n) is 1.92. The van der Waals surface area contributed by atoms with Crippen molar-refractivity contribution in [2.24, 2.45) is 5.92 Å². The lowest BCUT2D eigenvalue weighted by Crippen LogP contribution is -2.25. The molecule has 0 saturated heterocycles. The molecule has 2 N–H and O–H groups in total. The van der Waals surface area contributed by atoms with Crippen LogP contribution in [0.15, 0.2) is 18.2 Å². The summed E-state index contributed by atoms with van der Waals surface area (Å²) >= 11 is 0. The zero-order valence-corrected chi connectivity index (χ0v) is 9.75. The van der Waals surface area contributed by atoms with Crippen LogP contribution in [0, 0.1) is 11.7 Å². The van der Waals surface area contributed by atoms with Gasteiger partial charge in [-0.05, 0) is 43.0 Å². The standard InChI is InChI=1S/C13H19FN2/c1-2-16(8-10-3-4-10)9-11-5-6-12(14)7-13(11)15/h5-7,10H,2-4,8-9,15H2,1H3. The molecular weight excluding hydrogens is 203 g/mol. The smallest absolute Gasteiger partial charge is 0.125 e. The third-order valence-electron chi connectivity index (χ3n) is 3.16. The van der Waals surface area contributed by atoms with Gasteiger partial charge in [-0.2, -0.15) is 0 Å². The topological polar surface area (TPSA) is 29.3 Å². The highest BCUT2D eigenvalue weighted by Gasteiger charge is 2.23. The molecule has 0 aliphatic heterocycles. The van der Waals surface area contributed by atoms with Gasteiger partial charge >= 0.3 is 0 Å². The molecule has 88 valence electrons. The van der Waals surface area contributed by atoms with Crippen LogP contribution in [0.2, 0.25) is 0 Å². The fraction of sp³-hybridized carbons (Fsp3) is 0.538. The molecule has 0 bridgehead atoms. The third kappa shape index (κ3) is 2.95. The van der Waals surface area contributed by atoms with Crippen LogP contribution in [0.25, 0.3) is 0 Å². The maximum absolute atomic E-state index is 12.9. The van der Waals surface area contributed by atoms with Gasteiger partial charge in [-0.1, -0.05) is 13.0 Å². The van der Waals surface area contributed by atoms with E-state index in [-0.39, 0.29) is 5.82 Å². The van der Waals surface area contributed by atoms with Gasteiger partial charge in [-0.15, -0.1) is 0 Å². The molecule has 0 unspecified atom stereocenters. The predicted octanol–water partition coefficient (Wildman–Crippen LogP) is 2.64. The maximum Gasteiger partial charge on any atom is 0.125 e. The predicted molar refractivity (Wildman–Crippen MR) is 64.5 cm³/mol. The van der Waals surface area contributed by atoms with E-state index in [1.54, 1.807) is 6.07 Å². The first-order valence-electron chi connectivity index (χ1n) is 5.95. The number of hydrogen-bond acceptors (Lipinski definition) is 2. The Kier molecular flexibility index (Phi) is 3.44. The van der Waals surface area contributed by atoms with E-state index in [9.17, 15) is 4.39 Å².